The molecule has 0 saturated carbocycles. The largest absolute Gasteiger partial charge is 0.493 e. The van der Waals surface area contributed by atoms with Crippen molar-refractivity contribution in [1.29, 1.82) is 0 Å². The van der Waals surface area contributed by atoms with Gasteiger partial charge in [0.25, 0.3) is 5.56 Å². The average molecular weight is 403 g/mol. The average Bonchev–Trinajstić information content (AvgIpc) is 2.69. The van der Waals surface area contributed by atoms with Gasteiger partial charge in [-0.15, -0.1) is 0 Å². The maximum Gasteiger partial charge on any atom is 0.339 e. The standard InChI is InChI=1S/C20H19ClN2O5/c1-4-27-17-14(21)9-12(10-16(17)26-3)20(25)28-11(2)18-22-15-8-6-5-7-13(15)19(24)23-18/h5-11H,4H2,1-3H3,(H,22,23,24). The second-order valence-electron chi connectivity index (χ2n) is 5.94. The number of benzene rings is 2. The van der Waals surface area contributed by atoms with Gasteiger partial charge in [0.1, 0.15) is 0 Å². The number of carbonyl (C=O) groups is 1. The zero-order chi connectivity index (χ0) is 20.3. The number of para-hydroxylation sites is 1. The van der Waals surface area contributed by atoms with Crippen LogP contribution >= 0.6 is 11.6 Å². The maximum absolute atomic E-state index is 12.6. The predicted molar refractivity (Wildman–Crippen MR) is 105 cm³/mol. The fraction of sp³-hybridized carbons (Fsp3) is 0.250. The molecule has 0 fully saturated rings. The Hall–Kier alpha value is -3.06. The van der Waals surface area contributed by atoms with Gasteiger partial charge in [-0.2, -0.15) is 0 Å². The van der Waals surface area contributed by atoms with Crippen LogP contribution in [0.5, 0.6) is 11.5 Å². The van der Waals surface area contributed by atoms with Crippen molar-refractivity contribution in [1.82, 2.24) is 9.97 Å². The Bertz CT molecular complexity index is 1080. The minimum Gasteiger partial charge on any atom is -0.493 e. The first-order valence-corrected chi connectivity index (χ1v) is 9.02. The number of hydrogen-bond acceptors (Lipinski definition) is 6. The van der Waals surface area contributed by atoms with Crippen molar-refractivity contribution in [3.63, 3.8) is 0 Å². The van der Waals surface area contributed by atoms with Crippen LogP contribution in [0.25, 0.3) is 10.9 Å². The molecule has 8 heteroatoms. The Kier molecular flexibility index (Phi) is 5.84. The number of rotatable bonds is 6. The van der Waals surface area contributed by atoms with Crippen LogP contribution in [-0.4, -0.2) is 29.7 Å². The molecule has 146 valence electrons. The van der Waals surface area contributed by atoms with Crippen molar-refractivity contribution in [3.05, 3.63) is 63.2 Å². The number of aromatic nitrogens is 2. The van der Waals surface area contributed by atoms with Gasteiger partial charge in [-0.3, -0.25) is 4.79 Å². The highest BCUT2D eigenvalue weighted by Crippen LogP contribution is 2.36. The summed E-state index contributed by atoms with van der Waals surface area (Å²) >= 11 is 6.20. The van der Waals surface area contributed by atoms with Crippen molar-refractivity contribution in [2.75, 3.05) is 13.7 Å². The van der Waals surface area contributed by atoms with Crippen LogP contribution in [0.4, 0.5) is 0 Å². The molecular formula is C20H19ClN2O5. The highest BCUT2D eigenvalue weighted by Gasteiger charge is 2.20. The van der Waals surface area contributed by atoms with Gasteiger partial charge < -0.3 is 19.2 Å². The molecule has 0 aliphatic heterocycles. The van der Waals surface area contributed by atoms with Crippen LogP contribution in [0, 0.1) is 0 Å². The number of H-pyrrole nitrogens is 1. The number of esters is 1. The first-order chi connectivity index (χ1) is 13.4. The van der Waals surface area contributed by atoms with E-state index in [-0.39, 0.29) is 22.0 Å². The summed E-state index contributed by atoms with van der Waals surface area (Å²) < 4.78 is 16.1. The van der Waals surface area contributed by atoms with Crippen LogP contribution in [0.1, 0.15) is 36.1 Å². The zero-order valence-corrected chi connectivity index (χ0v) is 16.4. The number of fused-ring (bicyclic) bond motifs is 1. The summed E-state index contributed by atoms with van der Waals surface area (Å²) in [6, 6.07) is 9.87. The number of nitrogens with one attached hydrogen (secondary N) is 1. The molecule has 28 heavy (non-hydrogen) atoms. The number of hydrogen-bond donors (Lipinski definition) is 1. The number of carbonyl (C=O) groups excluding carboxylic acids is 1. The lowest BCUT2D eigenvalue weighted by atomic mass is 10.2. The molecule has 0 spiro atoms. The van der Waals surface area contributed by atoms with Crippen LogP contribution < -0.4 is 15.0 Å². The molecule has 0 bridgehead atoms. The van der Waals surface area contributed by atoms with E-state index in [4.69, 9.17) is 25.8 Å². The molecular weight excluding hydrogens is 384 g/mol. The lowest BCUT2D eigenvalue weighted by Gasteiger charge is -2.15. The minimum atomic E-state index is -0.777. The number of nitrogens with zero attached hydrogens (tertiary/aromatic N) is 1. The van der Waals surface area contributed by atoms with Crippen molar-refractivity contribution in [2.24, 2.45) is 0 Å². The van der Waals surface area contributed by atoms with Gasteiger partial charge in [-0.1, -0.05) is 23.7 Å². The first kappa shape index (κ1) is 19.7. The minimum absolute atomic E-state index is 0.195. The molecule has 1 unspecified atom stereocenters. The normalized spacial score (nSPS) is 11.9. The fourth-order valence-corrected chi connectivity index (χ4v) is 2.97. The van der Waals surface area contributed by atoms with Gasteiger partial charge in [0, 0.05) is 0 Å². The lowest BCUT2D eigenvalue weighted by Crippen LogP contribution is -2.17. The van der Waals surface area contributed by atoms with E-state index in [1.165, 1.54) is 19.2 Å². The van der Waals surface area contributed by atoms with Crippen molar-refractivity contribution in [3.8, 4) is 11.5 Å². The molecule has 1 heterocycles. The quantitative estimate of drug-likeness (QED) is 0.629. The summed E-state index contributed by atoms with van der Waals surface area (Å²) in [5, 5.41) is 0.700. The monoisotopic (exact) mass is 402 g/mol. The van der Waals surface area contributed by atoms with E-state index in [9.17, 15) is 9.59 Å². The summed E-state index contributed by atoms with van der Waals surface area (Å²) in [4.78, 5) is 31.8. The molecule has 0 radical (unpaired) electrons. The van der Waals surface area contributed by atoms with Gasteiger partial charge in [0.05, 0.1) is 35.2 Å². The Morgan fingerprint density at radius 1 is 1.29 bits per heavy atom. The third-order valence-electron chi connectivity index (χ3n) is 4.05. The van der Waals surface area contributed by atoms with Gasteiger partial charge in [-0.25, -0.2) is 9.78 Å². The van der Waals surface area contributed by atoms with E-state index in [2.05, 4.69) is 9.97 Å². The topological polar surface area (TPSA) is 90.5 Å². The molecule has 3 aromatic rings. The van der Waals surface area contributed by atoms with Crippen molar-refractivity contribution >= 4 is 28.5 Å². The van der Waals surface area contributed by atoms with E-state index in [0.29, 0.717) is 29.0 Å². The zero-order valence-electron chi connectivity index (χ0n) is 15.6. The molecule has 0 aliphatic carbocycles. The number of methoxy groups -OCH3 is 1. The highest BCUT2D eigenvalue weighted by atomic mass is 35.5. The second kappa shape index (κ2) is 8.31. The Balaban J connectivity index is 1.87. The summed E-state index contributed by atoms with van der Waals surface area (Å²) in [5.74, 6) is 0.301. The molecule has 1 aromatic heterocycles. The Labute approximate surface area is 166 Å². The summed E-state index contributed by atoms with van der Waals surface area (Å²) in [6.07, 6.45) is -0.777. The molecule has 7 nitrogen and oxygen atoms in total. The number of halogens is 1. The molecule has 2 aromatic carbocycles. The van der Waals surface area contributed by atoms with Crippen LogP contribution in [-0.2, 0) is 4.74 Å². The molecule has 3 rings (SSSR count). The number of ether oxygens (including phenoxy) is 3. The molecule has 0 amide bonds. The van der Waals surface area contributed by atoms with E-state index in [0.717, 1.165) is 0 Å². The summed E-state index contributed by atoms with van der Waals surface area (Å²) in [5.41, 5.74) is 0.421. The lowest BCUT2D eigenvalue weighted by molar-refractivity contribution is 0.0319. The van der Waals surface area contributed by atoms with E-state index < -0.39 is 12.1 Å². The van der Waals surface area contributed by atoms with Gasteiger partial charge in [0.2, 0.25) is 0 Å². The van der Waals surface area contributed by atoms with E-state index in [1.807, 2.05) is 6.92 Å². The summed E-state index contributed by atoms with van der Waals surface area (Å²) in [6.45, 7) is 3.84. The van der Waals surface area contributed by atoms with Gasteiger partial charge >= 0.3 is 5.97 Å². The summed E-state index contributed by atoms with van der Waals surface area (Å²) in [7, 11) is 1.45. The van der Waals surface area contributed by atoms with Crippen molar-refractivity contribution < 1.29 is 19.0 Å². The predicted octanol–water partition coefficient (Wildman–Crippen LogP) is 3.90. The highest BCUT2D eigenvalue weighted by molar-refractivity contribution is 6.32. The maximum atomic E-state index is 12.6. The van der Waals surface area contributed by atoms with Crippen LogP contribution in [0.3, 0.4) is 0 Å². The SMILES string of the molecule is CCOc1c(Cl)cc(C(=O)OC(C)c2nc3ccccc3c(=O)[nH]2)cc1OC. The van der Waals surface area contributed by atoms with E-state index >= 15 is 0 Å². The Morgan fingerprint density at radius 3 is 2.75 bits per heavy atom. The first-order valence-electron chi connectivity index (χ1n) is 8.64. The third-order valence-corrected chi connectivity index (χ3v) is 4.33. The number of aromatic amines is 1. The van der Waals surface area contributed by atoms with Crippen LogP contribution in [0.2, 0.25) is 5.02 Å². The fourth-order valence-electron chi connectivity index (χ4n) is 2.70. The van der Waals surface area contributed by atoms with Crippen molar-refractivity contribution in [2.45, 2.75) is 20.0 Å². The van der Waals surface area contributed by atoms with Gasteiger partial charge in [-0.05, 0) is 38.1 Å². The Morgan fingerprint density at radius 2 is 2.04 bits per heavy atom. The second-order valence-corrected chi connectivity index (χ2v) is 6.35. The smallest absolute Gasteiger partial charge is 0.339 e. The molecule has 1 N–H and O–H groups in total. The van der Waals surface area contributed by atoms with E-state index in [1.54, 1.807) is 31.2 Å². The molecule has 1 atom stereocenters. The molecule has 0 saturated heterocycles. The van der Waals surface area contributed by atoms with Gasteiger partial charge in [0.15, 0.2) is 23.4 Å². The van der Waals surface area contributed by atoms with Crippen LogP contribution in [0.15, 0.2) is 41.2 Å². The third kappa shape index (κ3) is 3.94. The molecule has 0 aliphatic rings.